The Morgan fingerprint density at radius 3 is 2.26 bits per heavy atom. The lowest BCUT2D eigenvalue weighted by atomic mass is 9.40. The van der Waals surface area contributed by atoms with Crippen LogP contribution in [0.2, 0.25) is 0 Å². The van der Waals surface area contributed by atoms with Crippen LogP contribution in [-0.4, -0.2) is 33.1 Å². The van der Waals surface area contributed by atoms with Gasteiger partial charge in [0.05, 0.1) is 17.8 Å². The van der Waals surface area contributed by atoms with E-state index in [0.717, 1.165) is 44.9 Å². The van der Waals surface area contributed by atoms with Crippen molar-refractivity contribution >= 4 is 0 Å². The molecule has 0 amide bonds. The van der Waals surface area contributed by atoms with E-state index < -0.39 is 5.60 Å². The van der Waals surface area contributed by atoms with Crippen molar-refractivity contribution in [3.63, 3.8) is 0 Å². The molecule has 1 spiro atoms. The smallest absolute Gasteiger partial charge is 0.0653 e. The third-order valence-corrected chi connectivity index (χ3v) is 8.57. The van der Waals surface area contributed by atoms with Crippen molar-refractivity contribution in [2.45, 2.75) is 90.4 Å². The molecule has 3 nitrogen and oxygen atoms in total. The molecule has 0 heterocycles. The van der Waals surface area contributed by atoms with Gasteiger partial charge in [0.25, 0.3) is 0 Å². The lowest BCUT2D eigenvalue weighted by Gasteiger charge is -2.66. The highest BCUT2D eigenvalue weighted by Gasteiger charge is 2.69. The molecule has 4 fully saturated rings. The quantitative estimate of drug-likeness (QED) is 0.642. The van der Waals surface area contributed by atoms with Crippen LogP contribution in [0.4, 0.5) is 0 Å². The molecule has 0 aromatic rings. The maximum absolute atomic E-state index is 11.2. The fourth-order valence-corrected chi connectivity index (χ4v) is 8.51. The molecule has 3 heteroatoms. The Kier molecular flexibility index (Phi) is 3.22. The number of hydrogen-bond donors (Lipinski definition) is 3. The molecule has 2 bridgehead atoms. The van der Waals surface area contributed by atoms with Crippen LogP contribution in [0.25, 0.3) is 0 Å². The molecule has 3 N–H and O–H groups in total. The van der Waals surface area contributed by atoms with Crippen molar-refractivity contribution in [2.24, 2.45) is 34.0 Å². The minimum Gasteiger partial charge on any atom is -0.393 e. The number of rotatable bonds is 0. The SMILES string of the molecule is CC1(C)C[C@@H](O)C[C@]2(C)[C@@H]1[C@@H](O)C[C@@]13C[C@@H](CC[C@H]12)[C@](C)(O)C3. The second kappa shape index (κ2) is 4.53. The minimum absolute atomic E-state index is 0.00970. The highest BCUT2D eigenvalue weighted by atomic mass is 16.3. The van der Waals surface area contributed by atoms with Gasteiger partial charge in [0.1, 0.15) is 0 Å². The molecule has 0 aliphatic heterocycles. The van der Waals surface area contributed by atoms with E-state index in [4.69, 9.17) is 0 Å². The highest BCUT2D eigenvalue weighted by molar-refractivity contribution is 5.18. The maximum Gasteiger partial charge on any atom is 0.0653 e. The summed E-state index contributed by atoms with van der Waals surface area (Å²) < 4.78 is 0. The number of aliphatic hydroxyl groups excluding tert-OH is 2. The molecule has 0 radical (unpaired) electrons. The zero-order chi connectivity index (χ0) is 16.8. The van der Waals surface area contributed by atoms with E-state index in [1.54, 1.807) is 0 Å². The summed E-state index contributed by atoms with van der Waals surface area (Å²) in [7, 11) is 0. The molecule has 4 aliphatic carbocycles. The van der Waals surface area contributed by atoms with Crippen molar-refractivity contribution in [1.29, 1.82) is 0 Å². The lowest BCUT2D eigenvalue weighted by molar-refractivity contribution is -0.216. The van der Waals surface area contributed by atoms with Gasteiger partial charge in [-0.1, -0.05) is 20.8 Å². The van der Waals surface area contributed by atoms with Crippen molar-refractivity contribution < 1.29 is 15.3 Å². The van der Waals surface area contributed by atoms with Gasteiger partial charge in [-0.15, -0.1) is 0 Å². The molecule has 4 rings (SSSR count). The number of aliphatic hydroxyl groups is 3. The molecule has 0 unspecified atom stereocenters. The topological polar surface area (TPSA) is 60.7 Å². The molecular weight excluding hydrogens is 288 g/mol. The predicted molar refractivity (Wildman–Crippen MR) is 89.7 cm³/mol. The molecule has 23 heavy (non-hydrogen) atoms. The van der Waals surface area contributed by atoms with E-state index in [2.05, 4.69) is 20.8 Å². The van der Waals surface area contributed by atoms with Crippen molar-refractivity contribution in [3.8, 4) is 0 Å². The summed E-state index contributed by atoms with van der Waals surface area (Å²) in [6.07, 6.45) is 6.08. The van der Waals surface area contributed by atoms with Gasteiger partial charge in [-0.25, -0.2) is 0 Å². The summed E-state index contributed by atoms with van der Waals surface area (Å²) >= 11 is 0. The van der Waals surface area contributed by atoms with Crippen LogP contribution in [0.5, 0.6) is 0 Å². The van der Waals surface area contributed by atoms with Crippen LogP contribution >= 0.6 is 0 Å². The van der Waals surface area contributed by atoms with Gasteiger partial charge < -0.3 is 15.3 Å². The summed E-state index contributed by atoms with van der Waals surface area (Å²) in [5.41, 5.74) is -0.514. The van der Waals surface area contributed by atoms with Crippen LogP contribution < -0.4 is 0 Å². The Hall–Kier alpha value is -0.120. The average molecular weight is 322 g/mol. The van der Waals surface area contributed by atoms with Crippen LogP contribution in [-0.2, 0) is 0 Å². The first-order valence-corrected chi connectivity index (χ1v) is 9.59. The molecule has 0 aromatic carbocycles. The predicted octanol–water partition coefficient (Wildman–Crippen LogP) is 3.11. The van der Waals surface area contributed by atoms with E-state index in [9.17, 15) is 15.3 Å². The second-order valence-corrected chi connectivity index (χ2v) is 10.7. The van der Waals surface area contributed by atoms with Gasteiger partial charge in [0.15, 0.2) is 0 Å². The Labute approximate surface area is 140 Å². The highest BCUT2D eigenvalue weighted by Crippen LogP contribution is 2.72. The molecular formula is C20H34O3. The summed E-state index contributed by atoms with van der Waals surface area (Å²) in [5.74, 6) is 1.19. The van der Waals surface area contributed by atoms with Crippen molar-refractivity contribution in [3.05, 3.63) is 0 Å². The first-order chi connectivity index (χ1) is 10.5. The second-order valence-electron chi connectivity index (χ2n) is 10.7. The van der Waals surface area contributed by atoms with Crippen LogP contribution in [0, 0.1) is 34.0 Å². The summed E-state index contributed by atoms with van der Waals surface area (Å²) in [4.78, 5) is 0. The first-order valence-electron chi connectivity index (χ1n) is 9.59. The van der Waals surface area contributed by atoms with Crippen molar-refractivity contribution in [1.82, 2.24) is 0 Å². The third kappa shape index (κ3) is 2.05. The Morgan fingerprint density at radius 1 is 0.870 bits per heavy atom. The fraction of sp³-hybridized carbons (Fsp3) is 1.00. The minimum atomic E-state index is -0.569. The Bertz CT molecular complexity index is 513. The van der Waals surface area contributed by atoms with Crippen LogP contribution in [0.1, 0.15) is 72.6 Å². The average Bonchev–Trinajstić information content (AvgIpc) is 2.51. The molecule has 132 valence electrons. The van der Waals surface area contributed by atoms with Crippen LogP contribution in [0.3, 0.4) is 0 Å². The van der Waals surface area contributed by atoms with Gasteiger partial charge >= 0.3 is 0 Å². The van der Waals surface area contributed by atoms with Crippen LogP contribution in [0.15, 0.2) is 0 Å². The zero-order valence-electron chi connectivity index (χ0n) is 15.2. The summed E-state index contributed by atoms with van der Waals surface area (Å²) in [6.45, 7) is 8.81. The third-order valence-electron chi connectivity index (χ3n) is 8.57. The van der Waals surface area contributed by atoms with Gasteiger partial charge in [-0.3, -0.25) is 0 Å². The van der Waals surface area contributed by atoms with Crippen molar-refractivity contribution in [2.75, 3.05) is 0 Å². The molecule has 8 atom stereocenters. The molecule has 0 aromatic heterocycles. The van der Waals surface area contributed by atoms with E-state index in [0.29, 0.717) is 11.8 Å². The first kappa shape index (κ1) is 16.4. The van der Waals surface area contributed by atoms with Gasteiger partial charge in [-0.2, -0.15) is 0 Å². The van der Waals surface area contributed by atoms with Gasteiger partial charge in [0.2, 0.25) is 0 Å². The fourth-order valence-electron chi connectivity index (χ4n) is 8.51. The maximum atomic E-state index is 11.2. The summed E-state index contributed by atoms with van der Waals surface area (Å²) in [6, 6.07) is 0. The van der Waals surface area contributed by atoms with E-state index in [-0.39, 0.29) is 34.4 Å². The monoisotopic (exact) mass is 322 g/mol. The Morgan fingerprint density at radius 2 is 1.57 bits per heavy atom. The van der Waals surface area contributed by atoms with Gasteiger partial charge in [0, 0.05) is 0 Å². The zero-order valence-corrected chi connectivity index (χ0v) is 15.2. The Balaban J connectivity index is 1.79. The number of fused-ring (bicyclic) bond motifs is 3. The standard InChI is InChI=1S/C20H34O3/c1-17(2)8-13(21)9-18(3)15-6-5-12-7-20(15,11-19(12,4)23)10-14(22)16(17)18/h12-16,21-23H,5-11H2,1-4H3/t12-,13-,14+,15+,16-,18+,19-,20-/m1/s1. The van der Waals surface area contributed by atoms with E-state index in [1.807, 2.05) is 6.92 Å². The molecule has 4 saturated carbocycles. The molecule has 4 aliphatic rings. The van der Waals surface area contributed by atoms with Gasteiger partial charge in [-0.05, 0) is 85.9 Å². The molecule has 0 saturated heterocycles. The van der Waals surface area contributed by atoms with E-state index in [1.165, 1.54) is 0 Å². The van der Waals surface area contributed by atoms with E-state index >= 15 is 0 Å². The summed E-state index contributed by atoms with van der Waals surface area (Å²) in [5, 5.41) is 32.6. The normalized spacial score (nSPS) is 60.9. The largest absolute Gasteiger partial charge is 0.393 e. The number of hydrogen-bond acceptors (Lipinski definition) is 3. The lowest BCUT2D eigenvalue weighted by Crippen LogP contribution is -2.63.